The van der Waals surface area contributed by atoms with E-state index in [1.54, 1.807) is 23.2 Å². The molecule has 0 radical (unpaired) electrons. The highest BCUT2D eigenvalue weighted by Crippen LogP contribution is 2.28. The summed E-state index contributed by atoms with van der Waals surface area (Å²) >= 11 is 0. The first-order valence-corrected chi connectivity index (χ1v) is 4.64. The first-order valence-electron chi connectivity index (χ1n) is 4.64. The summed E-state index contributed by atoms with van der Waals surface area (Å²) in [5.74, 6) is 3.60. The summed E-state index contributed by atoms with van der Waals surface area (Å²) in [7, 11) is 0. The number of hydrogen-bond acceptors (Lipinski definition) is 3. The molecule has 1 aromatic rings. The third-order valence-corrected chi connectivity index (χ3v) is 2.14. The fraction of sp³-hybridized carbons (Fsp3) is 0.273. The lowest BCUT2D eigenvalue weighted by Crippen LogP contribution is -2.39. The number of aromatic nitrogens is 1. The SMILES string of the molecule is C#CCCN1C(=O)COc2cccnc21. The summed E-state index contributed by atoms with van der Waals surface area (Å²) in [6.45, 7) is 0.548. The zero-order chi connectivity index (χ0) is 10.7. The highest BCUT2D eigenvalue weighted by atomic mass is 16.5. The van der Waals surface area contributed by atoms with Gasteiger partial charge in [-0.15, -0.1) is 12.3 Å². The molecule has 76 valence electrons. The molecule has 15 heavy (non-hydrogen) atoms. The smallest absolute Gasteiger partial charge is 0.266 e. The van der Waals surface area contributed by atoms with Gasteiger partial charge in [-0.25, -0.2) is 4.98 Å². The predicted octanol–water partition coefficient (Wildman–Crippen LogP) is 0.830. The lowest BCUT2D eigenvalue weighted by Gasteiger charge is -2.27. The molecule has 0 saturated heterocycles. The summed E-state index contributed by atoms with van der Waals surface area (Å²) in [5, 5.41) is 0. The van der Waals surface area contributed by atoms with Crippen molar-refractivity contribution in [3.05, 3.63) is 18.3 Å². The number of nitrogens with zero attached hydrogens (tertiary/aromatic N) is 2. The molecule has 0 spiro atoms. The van der Waals surface area contributed by atoms with Crippen molar-refractivity contribution in [2.24, 2.45) is 0 Å². The molecule has 1 aromatic heterocycles. The number of rotatable bonds is 2. The molecule has 2 heterocycles. The van der Waals surface area contributed by atoms with E-state index < -0.39 is 0 Å². The van der Waals surface area contributed by atoms with E-state index in [0.29, 0.717) is 24.5 Å². The molecule has 0 fully saturated rings. The quantitative estimate of drug-likeness (QED) is 0.667. The summed E-state index contributed by atoms with van der Waals surface area (Å²) in [6, 6.07) is 3.56. The fourth-order valence-corrected chi connectivity index (χ4v) is 1.44. The number of terminal acetylenes is 1. The Balaban J connectivity index is 2.29. The van der Waals surface area contributed by atoms with E-state index in [1.165, 1.54) is 0 Å². The van der Waals surface area contributed by atoms with Gasteiger partial charge in [-0.2, -0.15) is 0 Å². The van der Waals surface area contributed by atoms with Gasteiger partial charge in [0.25, 0.3) is 5.91 Å². The van der Waals surface area contributed by atoms with Crippen LogP contribution in [0.4, 0.5) is 5.82 Å². The summed E-state index contributed by atoms with van der Waals surface area (Å²) in [5.41, 5.74) is 0. The maximum absolute atomic E-state index is 11.6. The average Bonchev–Trinajstić information content (AvgIpc) is 2.28. The number of carbonyl (C=O) groups excluding carboxylic acids is 1. The molecule has 0 unspecified atom stereocenters. The van der Waals surface area contributed by atoms with Crippen LogP contribution in [0.3, 0.4) is 0 Å². The Kier molecular flexibility index (Phi) is 2.55. The Bertz CT molecular complexity index is 423. The van der Waals surface area contributed by atoms with Crippen LogP contribution in [0.5, 0.6) is 5.75 Å². The van der Waals surface area contributed by atoms with Crippen molar-refractivity contribution in [1.29, 1.82) is 0 Å². The largest absolute Gasteiger partial charge is 0.480 e. The molecule has 1 aliphatic rings. The number of ether oxygens (including phenoxy) is 1. The fourth-order valence-electron chi connectivity index (χ4n) is 1.44. The van der Waals surface area contributed by atoms with Crippen molar-refractivity contribution in [3.63, 3.8) is 0 Å². The molecular weight excluding hydrogens is 192 g/mol. The molecule has 0 saturated carbocycles. The second-order valence-corrected chi connectivity index (χ2v) is 3.11. The number of amides is 1. The number of carbonyl (C=O) groups is 1. The van der Waals surface area contributed by atoms with Gasteiger partial charge in [0.05, 0.1) is 0 Å². The van der Waals surface area contributed by atoms with E-state index in [1.807, 2.05) is 0 Å². The summed E-state index contributed by atoms with van der Waals surface area (Å²) in [4.78, 5) is 17.2. The molecular formula is C11H10N2O2. The second-order valence-electron chi connectivity index (χ2n) is 3.11. The van der Waals surface area contributed by atoms with Gasteiger partial charge in [0, 0.05) is 19.2 Å². The normalized spacial score (nSPS) is 14.1. The molecule has 1 amide bonds. The summed E-state index contributed by atoms with van der Waals surface area (Å²) < 4.78 is 5.24. The lowest BCUT2D eigenvalue weighted by molar-refractivity contribution is -0.121. The molecule has 4 heteroatoms. The van der Waals surface area contributed by atoms with Gasteiger partial charge in [0.2, 0.25) is 0 Å². The minimum atomic E-state index is -0.101. The van der Waals surface area contributed by atoms with Crippen LogP contribution >= 0.6 is 0 Å². The number of pyridine rings is 1. The Hall–Kier alpha value is -2.02. The highest BCUT2D eigenvalue weighted by Gasteiger charge is 2.25. The number of hydrogen-bond donors (Lipinski definition) is 0. The van der Waals surface area contributed by atoms with Crippen LogP contribution in [-0.2, 0) is 4.79 Å². The average molecular weight is 202 g/mol. The van der Waals surface area contributed by atoms with E-state index in [2.05, 4.69) is 10.9 Å². The Labute approximate surface area is 87.9 Å². The van der Waals surface area contributed by atoms with Crippen LogP contribution in [0.2, 0.25) is 0 Å². The maximum Gasteiger partial charge on any atom is 0.266 e. The van der Waals surface area contributed by atoms with Gasteiger partial charge in [-0.1, -0.05) is 0 Å². The van der Waals surface area contributed by atoms with Crippen LogP contribution in [0.25, 0.3) is 0 Å². The Morgan fingerprint density at radius 1 is 1.67 bits per heavy atom. The number of anilines is 1. The predicted molar refractivity (Wildman–Crippen MR) is 55.5 cm³/mol. The van der Waals surface area contributed by atoms with Gasteiger partial charge in [0.15, 0.2) is 18.2 Å². The van der Waals surface area contributed by atoms with E-state index >= 15 is 0 Å². The van der Waals surface area contributed by atoms with E-state index in [-0.39, 0.29) is 12.5 Å². The molecule has 2 rings (SSSR count). The van der Waals surface area contributed by atoms with Crippen LogP contribution < -0.4 is 9.64 Å². The van der Waals surface area contributed by atoms with Crippen molar-refractivity contribution in [3.8, 4) is 18.1 Å². The van der Waals surface area contributed by atoms with Crippen molar-refractivity contribution in [1.82, 2.24) is 4.98 Å². The molecule has 0 N–H and O–H groups in total. The van der Waals surface area contributed by atoms with Crippen LogP contribution in [0, 0.1) is 12.3 Å². The topological polar surface area (TPSA) is 42.4 Å². The first-order chi connectivity index (χ1) is 7.33. The van der Waals surface area contributed by atoms with E-state index in [9.17, 15) is 4.79 Å². The highest BCUT2D eigenvalue weighted by molar-refractivity contribution is 5.96. The van der Waals surface area contributed by atoms with Crippen molar-refractivity contribution in [2.75, 3.05) is 18.1 Å². The van der Waals surface area contributed by atoms with Crippen molar-refractivity contribution in [2.45, 2.75) is 6.42 Å². The monoisotopic (exact) mass is 202 g/mol. The van der Waals surface area contributed by atoms with Gasteiger partial charge >= 0.3 is 0 Å². The molecule has 0 atom stereocenters. The van der Waals surface area contributed by atoms with Gasteiger partial charge in [0.1, 0.15) is 0 Å². The standard InChI is InChI=1S/C11H10N2O2/c1-2-3-7-13-10(14)8-15-9-5-4-6-12-11(9)13/h1,4-6H,3,7-8H2. The van der Waals surface area contributed by atoms with Crippen LogP contribution in [0.15, 0.2) is 18.3 Å². The third-order valence-electron chi connectivity index (χ3n) is 2.14. The summed E-state index contributed by atoms with van der Waals surface area (Å²) in [6.07, 6.45) is 7.32. The zero-order valence-corrected chi connectivity index (χ0v) is 8.14. The van der Waals surface area contributed by atoms with Crippen molar-refractivity contribution < 1.29 is 9.53 Å². The van der Waals surface area contributed by atoms with Gasteiger partial charge in [-0.05, 0) is 12.1 Å². The Morgan fingerprint density at radius 3 is 3.33 bits per heavy atom. The van der Waals surface area contributed by atoms with Gasteiger partial charge in [-0.3, -0.25) is 9.69 Å². The zero-order valence-electron chi connectivity index (χ0n) is 8.14. The maximum atomic E-state index is 11.6. The first kappa shape index (κ1) is 9.53. The van der Waals surface area contributed by atoms with Crippen LogP contribution in [0.1, 0.15) is 6.42 Å². The van der Waals surface area contributed by atoms with E-state index in [0.717, 1.165) is 0 Å². The number of fused-ring (bicyclic) bond motifs is 1. The molecule has 4 nitrogen and oxygen atoms in total. The minimum Gasteiger partial charge on any atom is -0.480 e. The van der Waals surface area contributed by atoms with E-state index in [4.69, 9.17) is 11.2 Å². The molecule has 0 bridgehead atoms. The van der Waals surface area contributed by atoms with Crippen molar-refractivity contribution >= 4 is 11.7 Å². The van der Waals surface area contributed by atoms with Crippen LogP contribution in [-0.4, -0.2) is 24.0 Å². The lowest BCUT2D eigenvalue weighted by atomic mass is 10.3. The Morgan fingerprint density at radius 2 is 2.53 bits per heavy atom. The minimum absolute atomic E-state index is 0.0588. The molecule has 0 aromatic carbocycles. The molecule has 1 aliphatic heterocycles. The molecule has 0 aliphatic carbocycles. The second kappa shape index (κ2) is 4.01. The third kappa shape index (κ3) is 1.77. The van der Waals surface area contributed by atoms with Gasteiger partial charge < -0.3 is 4.74 Å².